The van der Waals surface area contributed by atoms with E-state index < -0.39 is 0 Å². The molecule has 4 aliphatic rings. The number of allylic oxidation sites excluding steroid dienone is 1. The highest BCUT2D eigenvalue weighted by Crippen LogP contribution is 2.42. The van der Waals surface area contributed by atoms with Gasteiger partial charge in [-0.2, -0.15) is 0 Å². The fourth-order valence-corrected chi connectivity index (χ4v) is 11.6. The lowest BCUT2D eigenvalue weighted by molar-refractivity contribution is -0.137. The molecule has 0 spiro atoms. The minimum atomic E-state index is -0.386. The number of carbonyl (C=O) groups is 3. The molecule has 356 valence electrons. The van der Waals surface area contributed by atoms with Crippen molar-refractivity contribution in [2.75, 3.05) is 13.7 Å². The third kappa shape index (κ3) is 11.8. The van der Waals surface area contributed by atoms with Crippen molar-refractivity contribution in [3.05, 3.63) is 94.1 Å². The molecule has 2 heterocycles. The van der Waals surface area contributed by atoms with Crippen molar-refractivity contribution in [3.63, 3.8) is 0 Å². The van der Waals surface area contributed by atoms with E-state index in [0.29, 0.717) is 36.9 Å². The molecule has 7 heteroatoms. The number of likely N-dealkylation sites (tertiary alicyclic amines) is 1. The summed E-state index contributed by atoms with van der Waals surface area (Å²) in [5.74, 6) is 8.76. The zero-order valence-corrected chi connectivity index (χ0v) is 42.0. The number of aliphatic imine (C=N–C) groups is 2. The minimum absolute atomic E-state index is 0.0386. The zero-order valence-electron chi connectivity index (χ0n) is 42.0. The van der Waals surface area contributed by atoms with Gasteiger partial charge >= 0.3 is 0 Å². The maximum Gasteiger partial charge on any atom is 0.226 e. The Morgan fingerprint density at radius 1 is 0.776 bits per heavy atom. The van der Waals surface area contributed by atoms with Crippen molar-refractivity contribution in [1.82, 2.24) is 4.90 Å². The second-order valence-electron chi connectivity index (χ2n) is 20.4. The van der Waals surface area contributed by atoms with Crippen LogP contribution >= 0.6 is 0 Å². The molecule has 0 aromatic heterocycles. The van der Waals surface area contributed by atoms with Gasteiger partial charge in [0, 0.05) is 60.4 Å². The number of ether oxygens (including phenoxy) is 1. The first-order valence-electron chi connectivity index (χ1n) is 26.1. The Labute approximate surface area is 402 Å². The fraction of sp³-hybridized carbons (Fsp3) is 0.550. The number of methoxy groups -OCH3 is 1. The summed E-state index contributed by atoms with van der Waals surface area (Å²) in [6.45, 7) is 15.6. The third-order valence-electron chi connectivity index (χ3n) is 15.4. The summed E-state index contributed by atoms with van der Waals surface area (Å²) >= 11 is 0. The summed E-state index contributed by atoms with van der Waals surface area (Å²) in [4.78, 5) is 52.6. The summed E-state index contributed by atoms with van der Waals surface area (Å²) in [7, 11) is 1.64. The van der Waals surface area contributed by atoms with Crippen molar-refractivity contribution in [2.45, 2.75) is 170 Å². The van der Waals surface area contributed by atoms with Gasteiger partial charge in [0.25, 0.3) is 0 Å². The van der Waals surface area contributed by atoms with Crippen LogP contribution in [0.15, 0.2) is 76.2 Å². The summed E-state index contributed by atoms with van der Waals surface area (Å²) in [5, 5.41) is 0. The lowest BCUT2D eigenvalue weighted by atomic mass is 9.71. The number of Topliss-reactive ketones (excluding diaryl/α,β-unsaturated/α-hetero) is 2. The molecule has 0 N–H and O–H groups in total. The molecular weight excluding hydrogens is 827 g/mol. The predicted octanol–water partition coefficient (Wildman–Crippen LogP) is 13.5. The van der Waals surface area contributed by atoms with Crippen LogP contribution in [0.1, 0.15) is 173 Å². The molecule has 5 atom stereocenters. The van der Waals surface area contributed by atoms with Crippen molar-refractivity contribution in [1.29, 1.82) is 0 Å². The maximum absolute atomic E-state index is 14.2. The van der Waals surface area contributed by atoms with Gasteiger partial charge in [0.05, 0.1) is 18.8 Å². The fourth-order valence-electron chi connectivity index (χ4n) is 11.6. The molecule has 7 nitrogen and oxygen atoms in total. The van der Waals surface area contributed by atoms with Crippen LogP contribution in [0.3, 0.4) is 0 Å². The molecule has 0 radical (unpaired) electrons. The number of aryl methyl sites for hydroxylation is 2. The topological polar surface area (TPSA) is 88.4 Å². The van der Waals surface area contributed by atoms with Crippen molar-refractivity contribution in [3.8, 4) is 23.0 Å². The second-order valence-corrected chi connectivity index (χ2v) is 20.4. The van der Waals surface area contributed by atoms with Crippen LogP contribution in [-0.2, 0) is 32.0 Å². The molecule has 5 unspecified atom stereocenters. The Morgan fingerprint density at radius 2 is 1.52 bits per heavy atom. The average Bonchev–Trinajstić information content (AvgIpc) is 3.76. The van der Waals surface area contributed by atoms with E-state index in [4.69, 9.17) is 14.7 Å². The summed E-state index contributed by atoms with van der Waals surface area (Å²) in [5.41, 5.74) is 13.4. The van der Waals surface area contributed by atoms with Crippen molar-refractivity contribution >= 4 is 40.3 Å². The average molecular weight is 904 g/mol. The predicted molar refractivity (Wildman–Crippen MR) is 276 cm³/mol. The van der Waals surface area contributed by atoms with Gasteiger partial charge in [-0.05, 0) is 158 Å². The van der Waals surface area contributed by atoms with Gasteiger partial charge in [0.2, 0.25) is 5.91 Å². The highest BCUT2D eigenvalue weighted by atomic mass is 16.5. The molecular formula is C60H77N3O4. The van der Waals surface area contributed by atoms with Crippen LogP contribution in [0.25, 0.3) is 16.7 Å². The molecule has 3 aromatic carbocycles. The van der Waals surface area contributed by atoms with E-state index in [1.807, 2.05) is 13.8 Å². The number of ketones is 2. The number of hydrogen-bond acceptors (Lipinski definition) is 6. The molecule has 7 rings (SSSR count). The minimum Gasteiger partial charge on any atom is -0.484 e. The zero-order chi connectivity index (χ0) is 47.6. The SMILES string of the molecule is CCC(=O)CCCC(C(=O)N1CCCC1C1=C(CC)c2ccc(-c3ccc(C#Cc4ccc5c(c4)CCC(C4CCCCC4C(=O)C(N=C(CC)OC)C(C)C)=N5)cc3)cc2CCC1)C(C)C. The maximum atomic E-state index is 14.2. The molecule has 3 aromatic rings. The number of carbonyl (C=O) groups excluding carboxylic acids is 3. The molecule has 1 saturated heterocycles. The number of benzene rings is 3. The van der Waals surface area contributed by atoms with Crippen molar-refractivity contribution < 1.29 is 19.1 Å². The van der Waals surface area contributed by atoms with Gasteiger partial charge in [-0.3, -0.25) is 19.4 Å². The summed E-state index contributed by atoms with van der Waals surface area (Å²) < 4.78 is 5.49. The molecule has 2 aliphatic heterocycles. The normalized spacial score (nSPS) is 20.6. The number of rotatable bonds is 16. The molecule has 1 amide bonds. The Morgan fingerprint density at radius 3 is 2.24 bits per heavy atom. The first-order valence-corrected chi connectivity index (χ1v) is 26.1. The molecule has 0 bridgehead atoms. The van der Waals surface area contributed by atoms with E-state index in [2.05, 4.69) is 112 Å². The van der Waals surface area contributed by atoms with Crippen LogP contribution in [0.5, 0.6) is 0 Å². The highest BCUT2D eigenvalue weighted by molar-refractivity contribution is 5.98. The quantitative estimate of drug-likeness (QED) is 0.0814. The standard InChI is InChI=1S/C60H77N3O4/c1-9-47(64)18-15-21-49(39(4)5)60(66)63-36-16-23-56(63)52-22-14-17-45-38-44(31-33-50(45)48(52)10-2)43-29-26-41(27-30-43)24-25-42-28-34-54-46(37-42)32-35-55(61-54)51-19-12-13-20-53(51)59(65)58(40(6)7)62-57(11-3)67-8/h26-31,33-34,37-40,49,51,53,56,58H,9-23,32,35-36H2,1-8H3. The smallest absolute Gasteiger partial charge is 0.226 e. The Bertz CT molecular complexity index is 2400. The van der Waals surface area contributed by atoms with Gasteiger partial charge in [-0.1, -0.05) is 103 Å². The number of hydrogen-bond donors (Lipinski definition) is 0. The molecule has 1 saturated carbocycles. The number of amides is 1. The van der Waals surface area contributed by atoms with Gasteiger partial charge in [0.15, 0.2) is 11.7 Å². The number of nitrogens with zero attached hydrogens (tertiary/aromatic N) is 3. The van der Waals surface area contributed by atoms with E-state index in [1.54, 1.807) is 7.11 Å². The van der Waals surface area contributed by atoms with Crippen molar-refractivity contribution in [2.24, 2.45) is 39.6 Å². The van der Waals surface area contributed by atoms with Gasteiger partial charge in [-0.25, -0.2) is 4.99 Å². The van der Waals surface area contributed by atoms with Crippen LogP contribution in [-0.4, -0.2) is 59.7 Å². The van der Waals surface area contributed by atoms with E-state index in [1.165, 1.54) is 44.7 Å². The van der Waals surface area contributed by atoms with Crippen LogP contribution in [0.4, 0.5) is 5.69 Å². The summed E-state index contributed by atoms with van der Waals surface area (Å²) in [6.07, 6.45) is 15.5. The van der Waals surface area contributed by atoms with Gasteiger partial charge in [-0.15, -0.1) is 0 Å². The first kappa shape index (κ1) is 49.8. The van der Waals surface area contributed by atoms with Crippen LogP contribution in [0, 0.1) is 41.4 Å². The Balaban J connectivity index is 1.03. The summed E-state index contributed by atoms with van der Waals surface area (Å²) in [6, 6.07) is 21.8. The molecule has 67 heavy (non-hydrogen) atoms. The van der Waals surface area contributed by atoms with Crippen LogP contribution < -0.4 is 0 Å². The Hall–Kier alpha value is -5.09. The largest absolute Gasteiger partial charge is 0.484 e. The van der Waals surface area contributed by atoms with E-state index in [9.17, 15) is 14.4 Å². The van der Waals surface area contributed by atoms with E-state index in [-0.39, 0.29) is 47.5 Å². The first-order chi connectivity index (χ1) is 32.4. The van der Waals surface area contributed by atoms with Gasteiger partial charge < -0.3 is 9.64 Å². The lowest BCUT2D eigenvalue weighted by Gasteiger charge is -2.35. The van der Waals surface area contributed by atoms with E-state index in [0.717, 1.165) is 113 Å². The number of fused-ring (bicyclic) bond motifs is 2. The third-order valence-corrected chi connectivity index (χ3v) is 15.4. The highest BCUT2D eigenvalue weighted by Gasteiger charge is 2.40. The molecule has 2 aliphatic carbocycles. The monoisotopic (exact) mass is 904 g/mol. The molecule has 2 fully saturated rings. The van der Waals surface area contributed by atoms with Crippen LogP contribution in [0.2, 0.25) is 0 Å². The lowest BCUT2D eigenvalue weighted by Crippen LogP contribution is -2.42. The van der Waals surface area contributed by atoms with E-state index >= 15 is 0 Å². The van der Waals surface area contributed by atoms with Gasteiger partial charge in [0.1, 0.15) is 11.8 Å². The Kier molecular flexibility index (Phi) is 17.3. The second kappa shape index (κ2) is 23.3.